The highest BCUT2D eigenvalue weighted by Crippen LogP contribution is 2.23. The quantitative estimate of drug-likeness (QED) is 0.693. The zero-order valence-corrected chi connectivity index (χ0v) is 14.6. The minimum Gasteiger partial charge on any atom is -0.322 e. The number of hydrogen-bond donors (Lipinski definition) is 2. The summed E-state index contributed by atoms with van der Waals surface area (Å²) in [4.78, 5) is 11.8. The van der Waals surface area contributed by atoms with Crippen LogP contribution in [0.15, 0.2) is 77.7 Å². The number of nitrogens with one attached hydrogen (secondary N) is 2. The molecule has 0 fully saturated rings. The van der Waals surface area contributed by atoms with Gasteiger partial charge in [-0.05, 0) is 36.4 Å². The van der Waals surface area contributed by atoms with Gasteiger partial charge in [0.05, 0.1) is 11.3 Å². The Labute approximate surface area is 154 Å². The van der Waals surface area contributed by atoms with E-state index in [2.05, 4.69) is 10.0 Å². The summed E-state index contributed by atoms with van der Waals surface area (Å²) in [6.45, 7) is 0. The molecule has 0 saturated carbocycles. The predicted octanol–water partition coefficient (Wildman–Crippen LogP) is 4.02. The molecule has 5 nitrogen and oxygen atoms in total. The lowest BCUT2D eigenvalue weighted by Crippen LogP contribution is -2.19. The predicted molar refractivity (Wildman–Crippen MR) is 98.0 cm³/mol. The van der Waals surface area contributed by atoms with E-state index < -0.39 is 32.5 Å². The zero-order chi connectivity index (χ0) is 19.4. The maximum atomic E-state index is 13.9. The largest absolute Gasteiger partial charge is 0.322 e. The zero-order valence-electron chi connectivity index (χ0n) is 13.8. The molecule has 0 aromatic heterocycles. The van der Waals surface area contributed by atoms with Gasteiger partial charge in [0, 0.05) is 11.8 Å². The third-order valence-corrected chi connectivity index (χ3v) is 5.03. The maximum absolute atomic E-state index is 13.9. The van der Waals surface area contributed by atoms with Crippen molar-refractivity contribution in [1.82, 2.24) is 0 Å². The molecule has 0 bridgehead atoms. The van der Waals surface area contributed by atoms with E-state index in [9.17, 15) is 22.0 Å². The third kappa shape index (κ3) is 4.29. The van der Waals surface area contributed by atoms with Gasteiger partial charge >= 0.3 is 0 Å². The van der Waals surface area contributed by atoms with Crippen LogP contribution in [0.4, 0.5) is 20.2 Å². The molecule has 0 aliphatic rings. The van der Waals surface area contributed by atoms with Gasteiger partial charge in [0.2, 0.25) is 0 Å². The monoisotopic (exact) mass is 388 g/mol. The van der Waals surface area contributed by atoms with E-state index in [0.29, 0.717) is 11.8 Å². The fraction of sp³-hybridized carbons (Fsp3) is 0. The SMILES string of the molecule is O=C(Nc1ccccc1)c1ccccc1NS(=O)(=O)c1ccc(F)cc1F. The third-order valence-electron chi connectivity index (χ3n) is 3.63. The molecule has 27 heavy (non-hydrogen) atoms. The first-order valence-electron chi connectivity index (χ1n) is 7.80. The molecule has 0 aliphatic carbocycles. The normalized spacial score (nSPS) is 11.0. The molecule has 2 N–H and O–H groups in total. The summed E-state index contributed by atoms with van der Waals surface area (Å²) >= 11 is 0. The van der Waals surface area contributed by atoms with Crippen LogP contribution in [0.1, 0.15) is 10.4 Å². The number of hydrogen-bond acceptors (Lipinski definition) is 3. The van der Waals surface area contributed by atoms with E-state index in [1.165, 1.54) is 18.2 Å². The van der Waals surface area contributed by atoms with Crippen molar-refractivity contribution in [2.24, 2.45) is 0 Å². The van der Waals surface area contributed by atoms with E-state index in [-0.39, 0.29) is 11.3 Å². The lowest BCUT2D eigenvalue weighted by atomic mass is 10.1. The summed E-state index contributed by atoms with van der Waals surface area (Å²) in [6.07, 6.45) is 0. The summed E-state index contributed by atoms with van der Waals surface area (Å²) in [5.41, 5.74) is 0.548. The first-order valence-corrected chi connectivity index (χ1v) is 9.28. The molecule has 3 aromatic rings. The number of rotatable bonds is 5. The Balaban J connectivity index is 1.91. The summed E-state index contributed by atoms with van der Waals surface area (Å²) in [6, 6.07) is 16.6. The van der Waals surface area contributed by atoms with Crippen LogP contribution in [0.3, 0.4) is 0 Å². The average molecular weight is 388 g/mol. The summed E-state index contributed by atoms with van der Waals surface area (Å²) in [5, 5.41) is 2.65. The van der Waals surface area contributed by atoms with Crippen molar-refractivity contribution >= 4 is 27.3 Å². The molecule has 3 rings (SSSR count). The summed E-state index contributed by atoms with van der Waals surface area (Å²) in [7, 11) is -4.36. The van der Waals surface area contributed by atoms with Crippen LogP contribution in [0.5, 0.6) is 0 Å². The summed E-state index contributed by atoms with van der Waals surface area (Å²) < 4.78 is 54.0. The van der Waals surface area contributed by atoms with Crippen molar-refractivity contribution in [1.29, 1.82) is 0 Å². The van der Waals surface area contributed by atoms with Gasteiger partial charge in [-0.1, -0.05) is 30.3 Å². The number of sulfonamides is 1. The second kappa shape index (κ2) is 7.55. The molecule has 0 radical (unpaired) electrons. The van der Waals surface area contributed by atoms with Gasteiger partial charge in [-0.3, -0.25) is 9.52 Å². The van der Waals surface area contributed by atoms with Crippen LogP contribution in [0, 0.1) is 11.6 Å². The Morgan fingerprint density at radius 1 is 0.852 bits per heavy atom. The number of para-hydroxylation sites is 2. The smallest absolute Gasteiger partial charge is 0.264 e. The number of anilines is 2. The standard InChI is InChI=1S/C19H14F2N2O3S/c20-13-10-11-18(16(21)12-13)27(25,26)23-17-9-5-4-8-15(17)19(24)22-14-6-2-1-3-7-14/h1-12,23H,(H,22,24). The maximum Gasteiger partial charge on any atom is 0.264 e. The molecule has 0 unspecified atom stereocenters. The van der Waals surface area contributed by atoms with Crippen LogP contribution in [0.25, 0.3) is 0 Å². The molecular formula is C19H14F2N2O3S. The average Bonchev–Trinajstić information content (AvgIpc) is 2.62. The van der Waals surface area contributed by atoms with Gasteiger partial charge in [-0.25, -0.2) is 17.2 Å². The molecule has 1 amide bonds. The molecule has 0 saturated heterocycles. The minimum atomic E-state index is -4.36. The molecule has 0 atom stereocenters. The fourth-order valence-corrected chi connectivity index (χ4v) is 3.52. The van der Waals surface area contributed by atoms with Gasteiger partial charge in [-0.2, -0.15) is 0 Å². The van der Waals surface area contributed by atoms with E-state index in [1.807, 2.05) is 0 Å². The lowest BCUT2D eigenvalue weighted by Gasteiger charge is -2.13. The molecule has 8 heteroatoms. The van der Waals surface area contributed by atoms with Crippen molar-refractivity contribution in [2.75, 3.05) is 10.0 Å². The Morgan fingerprint density at radius 3 is 2.22 bits per heavy atom. The highest BCUT2D eigenvalue weighted by molar-refractivity contribution is 7.92. The van der Waals surface area contributed by atoms with Crippen LogP contribution >= 0.6 is 0 Å². The number of carbonyl (C=O) groups is 1. The van der Waals surface area contributed by atoms with Crippen LogP contribution in [0.2, 0.25) is 0 Å². The molecule has 0 heterocycles. The second-order valence-corrected chi connectivity index (χ2v) is 7.20. The van der Waals surface area contributed by atoms with Gasteiger partial charge < -0.3 is 5.32 Å². The van der Waals surface area contributed by atoms with Crippen molar-refractivity contribution in [3.05, 3.63) is 90.0 Å². The molecule has 0 aliphatic heterocycles. The highest BCUT2D eigenvalue weighted by Gasteiger charge is 2.22. The van der Waals surface area contributed by atoms with E-state index in [0.717, 1.165) is 12.1 Å². The molecule has 3 aromatic carbocycles. The van der Waals surface area contributed by atoms with Gasteiger partial charge in [0.1, 0.15) is 16.5 Å². The molecule has 0 spiro atoms. The summed E-state index contributed by atoms with van der Waals surface area (Å²) in [5.74, 6) is -2.66. The fourth-order valence-electron chi connectivity index (χ4n) is 2.38. The van der Waals surface area contributed by atoms with Crippen molar-refractivity contribution < 1.29 is 22.0 Å². The van der Waals surface area contributed by atoms with Crippen LogP contribution < -0.4 is 10.0 Å². The number of halogens is 2. The Kier molecular flexibility index (Phi) is 5.18. The Hall–Kier alpha value is -3.26. The number of benzene rings is 3. The number of carbonyl (C=O) groups excluding carboxylic acids is 1. The first kappa shape index (κ1) is 18.5. The van der Waals surface area contributed by atoms with E-state index in [1.54, 1.807) is 36.4 Å². The topological polar surface area (TPSA) is 75.3 Å². The lowest BCUT2D eigenvalue weighted by molar-refractivity contribution is 0.102. The highest BCUT2D eigenvalue weighted by atomic mass is 32.2. The van der Waals surface area contributed by atoms with Crippen LogP contribution in [-0.2, 0) is 10.0 Å². The molecular weight excluding hydrogens is 374 g/mol. The first-order chi connectivity index (χ1) is 12.9. The van der Waals surface area contributed by atoms with E-state index in [4.69, 9.17) is 0 Å². The van der Waals surface area contributed by atoms with Crippen molar-refractivity contribution in [3.63, 3.8) is 0 Å². The number of amides is 1. The second-order valence-electron chi connectivity index (χ2n) is 5.55. The van der Waals surface area contributed by atoms with Gasteiger partial charge in [-0.15, -0.1) is 0 Å². The van der Waals surface area contributed by atoms with Gasteiger partial charge in [0.25, 0.3) is 15.9 Å². The van der Waals surface area contributed by atoms with E-state index >= 15 is 0 Å². The molecule has 138 valence electrons. The van der Waals surface area contributed by atoms with Gasteiger partial charge in [0.15, 0.2) is 0 Å². The van der Waals surface area contributed by atoms with Crippen molar-refractivity contribution in [3.8, 4) is 0 Å². The minimum absolute atomic E-state index is 0.0327. The Morgan fingerprint density at radius 2 is 1.52 bits per heavy atom. The van der Waals surface area contributed by atoms with Crippen molar-refractivity contribution in [2.45, 2.75) is 4.90 Å². The van der Waals surface area contributed by atoms with Crippen LogP contribution in [-0.4, -0.2) is 14.3 Å². The Bertz CT molecular complexity index is 1090.